The van der Waals surface area contributed by atoms with E-state index in [1.807, 2.05) is 0 Å². The van der Waals surface area contributed by atoms with Crippen molar-refractivity contribution in [1.29, 1.82) is 0 Å². The van der Waals surface area contributed by atoms with Crippen molar-refractivity contribution >= 4 is 0 Å². The quantitative estimate of drug-likeness (QED) is 0.358. The molecule has 0 aliphatic carbocycles. The first-order chi connectivity index (χ1) is 8.62. The number of hydrogen-bond acceptors (Lipinski definition) is 0. The fraction of sp³-hybridized carbons (Fsp3) is 1.00. The summed E-state index contributed by atoms with van der Waals surface area (Å²) in [6, 6.07) is 0. The fourth-order valence-corrected chi connectivity index (χ4v) is 2.58. The van der Waals surface area contributed by atoms with Gasteiger partial charge in [-0.3, -0.25) is 0 Å². The average Bonchev–Trinajstić information content (AvgIpc) is 2.33. The SMILES string of the molecule is CCCCCCCC[N+](C)(C)CCCCCCC.[Br-]. The van der Waals surface area contributed by atoms with E-state index in [0.29, 0.717) is 0 Å². The third-order valence-electron chi connectivity index (χ3n) is 3.98. The molecule has 0 atom stereocenters. The van der Waals surface area contributed by atoms with Crippen LogP contribution < -0.4 is 17.0 Å². The molecule has 0 unspecified atom stereocenters. The lowest BCUT2D eigenvalue weighted by molar-refractivity contribution is -0.890. The molecule has 0 radical (unpaired) electrons. The second-order valence-corrected chi connectivity index (χ2v) is 6.56. The van der Waals surface area contributed by atoms with Gasteiger partial charge in [0.1, 0.15) is 0 Å². The Labute approximate surface area is 133 Å². The van der Waals surface area contributed by atoms with E-state index in [9.17, 15) is 0 Å². The van der Waals surface area contributed by atoms with Crippen LogP contribution in [0.5, 0.6) is 0 Å². The van der Waals surface area contributed by atoms with Crippen molar-refractivity contribution in [2.24, 2.45) is 0 Å². The van der Waals surface area contributed by atoms with Gasteiger partial charge in [0.05, 0.1) is 27.2 Å². The summed E-state index contributed by atoms with van der Waals surface area (Å²) in [4.78, 5) is 0. The summed E-state index contributed by atoms with van der Waals surface area (Å²) in [5.74, 6) is 0. The number of rotatable bonds is 13. The minimum Gasteiger partial charge on any atom is -1.00 e. The zero-order valence-corrected chi connectivity index (χ0v) is 15.6. The molecule has 0 aromatic heterocycles. The Morgan fingerprint density at radius 2 is 0.842 bits per heavy atom. The van der Waals surface area contributed by atoms with Crippen LogP contribution in [-0.4, -0.2) is 31.7 Å². The number of nitrogens with zero attached hydrogens (tertiary/aromatic N) is 1. The molecule has 0 spiro atoms. The number of hydrogen-bond donors (Lipinski definition) is 0. The number of quaternary nitrogens is 1. The summed E-state index contributed by atoms with van der Waals surface area (Å²) < 4.78 is 1.24. The Balaban J connectivity index is 0. The normalized spacial score (nSPS) is 11.4. The zero-order valence-electron chi connectivity index (χ0n) is 14.0. The van der Waals surface area contributed by atoms with Gasteiger partial charge in [-0.2, -0.15) is 0 Å². The van der Waals surface area contributed by atoms with Gasteiger partial charge < -0.3 is 21.5 Å². The lowest BCUT2D eigenvalue weighted by Crippen LogP contribution is -3.00. The fourth-order valence-electron chi connectivity index (χ4n) is 2.58. The van der Waals surface area contributed by atoms with E-state index < -0.39 is 0 Å². The molecule has 0 fully saturated rings. The van der Waals surface area contributed by atoms with Crippen LogP contribution in [0.4, 0.5) is 0 Å². The number of unbranched alkanes of at least 4 members (excludes halogenated alkanes) is 9. The van der Waals surface area contributed by atoms with Crippen LogP contribution in [0.2, 0.25) is 0 Å². The molecule has 0 bridgehead atoms. The Bertz CT molecular complexity index is 169. The maximum absolute atomic E-state index is 2.41. The van der Waals surface area contributed by atoms with Gasteiger partial charge in [0, 0.05) is 0 Å². The molecular weight excluding hydrogens is 298 g/mol. The molecule has 2 heteroatoms. The van der Waals surface area contributed by atoms with Crippen LogP contribution in [0, 0.1) is 0 Å². The molecule has 118 valence electrons. The second-order valence-electron chi connectivity index (χ2n) is 6.56. The minimum absolute atomic E-state index is 0. The molecule has 0 aliphatic heterocycles. The molecule has 0 heterocycles. The molecular formula is C17H38BrN. The predicted octanol–water partition coefficient (Wildman–Crippen LogP) is 2.40. The number of halogens is 1. The van der Waals surface area contributed by atoms with E-state index in [1.54, 1.807) is 0 Å². The first-order valence-corrected chi connectivity index (χ1v) is 8.44. The van der Waals surface area contributed by atoms with Crippen molar-refractivity contribution in [1.82, 2.24) is 0 Å². The average molecular weight is 336 g/mol. The molecule has 0 rings (SSSR count). The smallest absolute Gasteiger partial charge is 0.0782 e. The van der Waals surface area contributed by atoms with Crippen molar-refractivity contribution in [3.05, 3.63) is 0 Å². The van der Waals surface area contributed by atoms with Gasteiger partial charge in [-0.05, 0) is 25.7 Å². The van der Waals surface area contributed by atoms with Crippen molar-refractivity contribution < 1.29 is 21.5 Å². The van der Waals surface area contributed by atoms with Gasteiger partial charge in [0.15, 0.2) is 0 Å². The van der Waals surface area contributed by atoms with Crippen LogP contribution in [0.3, 0.4) is 0 Å². The van der Waals surface area contributed by atoms with Crippen molar-refractivity contribution in [3.63, 3.8) is 0 Å². The van der Waals surface area contributed by atoms with E-state index in [4.69, 9.17) is 0 Å². The van der Waals surface area contributed by atoms with Crippen LogP contribution in [0.25, 0.3) is 0 Å². The van der Waals surface area contributed by atoms with Gasteiger partial charge in [-0.25, -0.2) is 0 Å². The summed E-state index contributed by atoms with van der Waals surface area (Å²) in [5, 5.41) is 0. The Morgan fingerprint density at radius 1 is 0.526 bits per heavy atom. The summed E-state index contributed by atoms with van der Waals surface area (Å²) in [5.41, 5.74) is 0. The molecule has 0 aliphatic rings. The van der Waals surface area contributed by atoms with Crippen molar-refractivity contribution in [2.45, 2.75) is 84.5 Å². The van der Waals surface area contributed by atoms with Crippen molar-refractivity contribution in [3.8, 4) is 0 Å². The van der Waals surface area contributed by atoms with Crippen molar-refractivity contribution in [2.75, 3.05) is 27.2 Å². The third kappa shape index (κ3) is 16.4. The van der Waals surface area contributed by atoms with Gasteiger partial charge >= 0.3 is 0 Å². The Hall–Kier alpha value is 0.440. The highest BCUT2D eigenvalue weighted by Crippen LogP contribution is 2.10. The lowest BCUT2D eigenvalue weighted by atomic mass is 10.1. The summed E-state index contributed by atoms with van der Waals surface area (Å²) in [7, 11) is 4.82. The van der Waals surface area contributed by atoms with Crippen LogP contribution in [0.1, 0.15) is 84.5 Å². The zero-order chi connectivity index (χ0) is 13.7. The Morgan fingerprint density at radius 3 is 1.21 bits per heavy atom. The molecule has 0 aromatic carbocycles. The topological polar surface area (TPSA) is 0 Å². The first kappa shape index (κ1) is 21.7. The largest absolute Gasteiger partial charge is 1.00 e. The maximum Gasteiger partial charge on any atom is 0.0782 e. The maximum atomic E-state index is 2.41. The summed E-state index contributed by atoms with van der Waals surface area (Å²) in [6.07, 6.45) is 15.6. The third-order valence-corrected chi connectivity index (χ3v) is 3.98. The second kappa shape index (κ2) is 14.8. The standard InChI is InChI=1S/C17H38N.BrH/c1-5-7-9-11-13-15-17-18(3,4)16-14-12-10-8-6-2;/h5-17H2,1-4H3;1H/q+1;/p-1. The minimum atomic E-state index is 0. The lowest BCUT2D eigenvalue weighted by Gasteiger charge is -2.30. The Kier molecular flexibility index (Phi) is 17.0. The molecule has 0 amide bonds. The molecule has 1 nitrogen and oxygen atoms in total. The highest BCUT2D eigenvalue weighted by molar-refractivity contribution is 4.46. The molecule has 0 N–H and O–H groups in total. The molecule has 0 saturated heterocycles. The van der Waals surface area contributed by atoms with E-state index >= 15 is 0 Å². The van der Waals surface area contributed by atoms with Crippen LogP contribution in [-0.2, 0) is 0 Å². The predicted molar refractivity (Wildman–Crippen MR) is 84.0 cm³/mol. The summed E-state index contributed by atoms with van der Waals surface area (Å²) >= 11 is 0. The van der Waals surface area contributed by atoms with Gasteiger partial charge in [-0.15, -0.1) is 0 Å². The highest BCUT2D eigenvalue weighted by atomic mass is 79.9. The summed E-state index contributed by atoms with van der Waals surface area (Å²) in [6.45, 7) is 7.33. The van der Waals surface area contributed by atoms with Gasteiger partial charge in [0.25, 0.3) is 0 Å². The highest BCUT2D eigenvalue weighted by Gasteiger charge is 2.13. The monoisotopic (exact) mass is 335 g/mol. The first-order valence-electron chi connectivity index (χ1n) is 8.44. The van der Waals surface area contributed by atoms with Gasteiger partial charge in [0.2, 0.25) is 0 Å². The van der Waals surface area contributed by atoms with Crippen LogP contribution >= 0.6 is 0 Å². The molecule has 0 saturated carbocycles. The van der Waals surface area contributed by atoms with E-state index in [1.165, 1.54) is 88.2 Å². The molecule has 0 aromatic rings. The van der Waals surface area contributed by atoms with Gasteiger partial charge in [-0.1, -0.05) is 58.8 Å². The van der Waals surface area contributed by atoms with Crippen LogP contribution in [0.15, 0.2) is 0 Å². The van der Waals surface area contributed by atoms with E-state index in [-0.39, 0.29) is 17.0 Å². The van der Waals surface area contributed by atoms with E-state index in [2.05, 4.69) is 27.9 Å². The molecule has 19 heavy (non-hydrogen) atoms. The van der Waals surface area contributed by atoms with E-state index in [0.717, 1.165) is 0 Å².